The van der Waals surface area contributed by atoms with E-state index in [2.05, 4.69) is 39.0 Å². The SMILES string of the molecule is FC(F)(F)c1cccc(CCC2(N3CCN(Cc4ccccc4)CC3)CCC2)n1. The number of rotatable bonds is 6. The van der Waals surface area contributed by atoms with E-state index in [1.807, 2.05) is 6.07 Å². The van der Waals surface area contributed by atoms with Gasteiger partial charge in [-0.3, -0.25) is 9.80 Å². The van der Waals surface area contributed by atoms with Crippen molar-refractivity contribution in [2.45, 2.75) is 50.4 Å². The summed E-state index contributed by atoms with van der Waals surface area (Å²) in [6.45, 7) is 5.12. The molecule has 3 nitrogen and oxygen atoms in total. The summed E-state index contributed by atoms with van der Waals surface area (Å²) in [4.78, 5) is 8.94. The molecule has 4 rings (SSSR count). The Bertz CT molecular complexity index is 795. The second kappa shape index (κ2) is 8.44. The molecular weight excluding hydrogens is 375 g/mol. The van der Waals surface area contributed by atoms with E-state index in [9.17, 15) is 13.2 Å². The van der Waals surface area contributed by atoms with Crippen LogP contribution >= 0.6 is 0 Å². The predicted octanol–water partition coefficient (Wildman–Crippen LogP) is 4.77. The monoisotopic (exact) mass is 403 g/mol. The topological polar surface area (TPSA) is 19.4 Å². The number of pyridine rings is 1. The lowest BCUT2D eigenvalue weighted by Gasteiger charge is -2.53. The number of hydrogen-bond acceptors (Lipinski definition) is 3. The second-order valence-electron chi connectivity index (χ2n) is 8.34. The molecule has 1 saturated carbocycles. The van der Waals surface area contributed by atoms with Gasteiger partial charge in [0.25, 0.3) is 0 Å². The average molecular weight is 403 g/mol. The molecule has 29 heavy (non-hydrogen) atoms. The Labute approximate surface area is 170 Å². The van der Waals surface area contributed by atoms with Gasteiger partial charge in [0.05, 0.1) is 0 Å². The Hall–Kier alpha value is -1.92. The highest BCUT2D eigenvalue weighted by Crippen LogP contribution is 2.42. The van der Waals surface area contributed by atoms with Crippen LogP contribution in [0.25, 0.3) is 0 Å². The van der Waals surface area contributed by atoms with Crippen LogP contribution in [0.3, 0.4) is 0 Å². The highest BCUT2D eigenvalue weighted by Gasteiger charge is 2.43. The molecule has 0 N–H and O–H groups in total. The number of hydrogen-bond donors (Lipinski definition) is 0. The number of nitrogens with zero attached hydrogens (tertiary/aromatic N) is 3. The molecule has 6 heteroatoms. The molecule has 0 bridgehead atoms. The Morgan fingerprint density at radius 1 is 0.897 bits per heavy atom. The third kappa shape index (κ3) is 4.81. The first-order valence-corrected chi connectivity index (χ1v) is 10.5. The Morgan fingerprint density at radius 2 is 1.62 bits per heavy atom. The van der Waals surface area contributed by atoms with Gasteiger partial charge < -0.3 is 0 Å². The summed E-state index contributed by atoms with van der Waals surface area (Å²) in [5, 5.41) is 0. The molecule has 1 aromatic carbocycles. The average Bonchev–Trinajstić information content (AvgIpc) is 2.69. The molecule has 1 aromatic heterocycles. The van der Waals surface area contributed by atoms with Gasteiger partial charge in [-0.05, 0) is 49.8 Å². The van der Waals surface area contributed by atoms with Crippen molar-refractivity contribution < 1.29 is 13.2 Å². The summed E-state index contributed by atoms with van der Waals surface area (Å²) in [7, 11) is 0. The highest BCUT2D eigenvalue weighted by atomic mass is 19.4. The van der Waals surface area contributed by atoms with Crippen LogP contribution in [0, 0.1) is 0 Å². The molecule has 0 spiro atoms. The van der Waals surface area contributed by atoms with Gasteiger partial charge in [0, 0.05) is 44.0 Å². The zero-order valence-electron chi connectivity index (χ0n) is 16.7. The fraction of sp³-hybridized carbons (Fsp3) is 0.522. The van der Waals surface area contributed by atoms with Gasteiger partial charge in [-0.2, -0.15) is 13.2 Å². The van der Waals surface area contributed by atoms with E-state index in [-0.39, 0.29) is 5.54 Å². The molecule has 0 radical (unpaired) electrons. The fourth-order valence-corrected chi connectivity index (χ4v) is 4.67. The Morgan fingerprint density at radius 3 is 2.24 bits per heavy atom. The summed E-state index contributed by atoms with van der Waals surface area (Å²) >= 11 is 0. The van der Waals surface area contributed by atoms with E-state index >= 15 is 0 Å². The van der Waals surface area contributed by atoms with Crippen molar-refractivity contribution in [3.63, 3.8) is 0 Å². The maximum atomic E-state index is 12.9. The number of alkyl halides is 3. The quantitative estimate of drug-likeness (QED) is 0.692. The van der Waals surface area contributed by atoms with Gasteiger partial charge in [-0.15, -0.1) is 0 Å². The summed E-state index contributed by atoms with van der Waals surface area (Å²) in [5.74, 6) is 0. The van der Waals surface area contributed by atoms with Crippen LogP contribution in [0.15, 0.2) is 48.5 Å². The molecule has 1 aliphatic heterocycles. The molecule has 0 atom stereocenters. The second-order valence-corrected chi connectivity index (χ2v) is 8.34. The molecule has 1 saturated heterocycles. The van der Waals surface area contributed by atoms with Gasteiger partial charge in [-0.25, -0.2) is 4.98 Å². The van der Waals surface area contributed by atoms with E-state index < -0.39 is 11.9 Å². The van der Waals surface area contributed by atoms with Crippen LogP contribution in [0.4, 0.5) is 13.2 Å². The smallest absolute Gasteiger partial charge is 0.297 e. The number of halogens is 3. The van der Waals surface area contributed by atoms with Gasteiger partial charge >= 0.3 is 6.18 Å². The Kier molecular flexibility index (Phi) is 5.93. The largest absolute Gasteiger partial charge is 0.433 e. The van der Waals surface area contributed by atoms with E-state index in [1.54, 1.807) is 6.07 Å². The molecule has 0 amide bonds. The lowest BCUT2D eigenvalue weighted by Crippen LogP contribution is -2.60. The van der Waals surface area contributed by atoms with Crippen LogP contribution < -0.4 is 0 Å². The number of aromatic nitrogens is 1. The Balaban J connectivity index is 1.33. The summed E-state index contributed by atoms with van der Waals surface area (Å²) < 4.78 is 38.8. The van der Waals surface area contributed by atoms with E-state index in [0.29, 0.717) is 12.1 Å². The van der Waals surface area contributed by atoms with Crippen molar-refractivity contribution in [2.24, 2.45) is 0 Å². The molecule has 0 unspecified atom stereocenters. The van der Waals surface area contributed by atoms with Gasteiger partial charge in [0.2, 0.25) is 0 Å². The number of benzene rings is 1. The fourth-order valence-electron chi connectivity index (χ4n) is 4.67. The van der Waals surface area contributed by atoms with Crippen LogP contribution in [0.5, 0.6) is 0 Å². The van der Waals surface area contributed by atoms with Crippen molar-refractivity contribution in [1.82, 2.24) is 14.8 Å². The molecule has 2 fully saturated rings. The maximum absolute atomic E-state index is 12.9. The van der Waals surface area contributed by atoms with Crippen molar-refractivity contribution in [3.05, 3.63) is 65.5 Å². The number of piperazine rings is 1. The zero-order valence-corrected chi connectivity index (χ0v) is 16.7. The third-order valence-corrected chi connectivity index (χ3v) is 6.52. The van der Waals surface area contributed by atoms with Crippen LogP contribution in [-0.4, -0.2) is 46.5 Å². The van der Waals surface area contributed by atoms with E-state index in [4.69, 9.17) is 0 Å². The van der Waals surface area contributed by atoms with Gasteiger partial charge in [-0.1, -0.05) is 36.4 Å². The standard InChI is InChI=1S/C23H28F3N3/c24-23(25,26)21-9-4-8-20(27-21)10-13-22(11-5-12-22)29-16-14-28(15-17-29)18-19-6-2-1-3-7-19/h1-4,6-9H,5,10-18H2. The first kappa shape index (κ1) is 20.4. The van der Waals surface area contributed by atoms with Crippen molar-refractivity contribution >= 4 is 0 Å². The van der Waals surface area contributed by atoms with Crippen LogP contribution in [0.2, 0.25) is 0 Å². The van der Waals surface area contributed by atoms with Crippen molar-refractivity contribution in [1.29, 1.82) is 0 Å². The van der Waals surface area contributed by atoms with Crippen molar-refractivity contribution in [3.8, 4) is 0 Å². The summed E-state index contributed by atoms with van der Waals surface area (Å²) in [5.41, 5.74) is 1.25. The maximum Gasteiger partial charge on any atom is 0.433 e. The minimum absolute atomic E-state index is 0.148. The normalized spacial score (nSPS) is 20.4. The van der Waals surface area contributed by atoms with Gasteiger partial charge in [0.1, 0.15) is 5.69 Å². The van der Waals surface area contributed by atoms with E-state index in [0.717, 1.165) is 58.1 Å². The molecule has 2 heterocycles. The van der Waals surface area contributed by atoms with Crippen molar-refractivity contribution in [2.75, 3.05) is 26.2 Å². The van der Waals surface area contributed by atoms with Gasteiger partial charge in [0.15, 0.2) is 0 Å². The molecular formula is C23H28F3N3. The van der Waals surface area contributed by atoms with Crippen LogP contribution in [-0.2, 0) is 19.1 Å². The summed E-state index contributed by atoms with van der Waals surface area (Å²) in [6, 6.07) is 14.8. The third-order valence-electron chi connectivity index (χ3n) is 6.52. The van der Waals surface area contributed by atoms with Crippen LogP contribution in [0.1, 0.15) is 42.6 Å². The molecule has 2 aromatic rings. The minimum atomic E-state index is -4.38. The first-order valence-electron chi connectivity index (χ1n) is 10.5. The number of aryl methyl sites for hydroxylation is 1. The first-order chi connectivity index (χ1) is 13.9. The molecule has 2 aliphatic rings. The minimum Gasteiger partial charge on any atom is -0.297 e. The zero-order chi connectivity index (χ0) is 20.3. The van der Waals surface area contributed by atoms with E-state index in [1.165, 1.54) is 18.1 Å². The predicted molar refractivity (Wildman–Crippen MR) is 107 cm³/mol. The highest BCUT2D eigenvalue weighted by molar-refractivity contribution is 5.16. The summed E-state index contributed by atoms with van der Waals surface area (Å²) in [6.07, 6.45) is 0.614. The lowest BCUT2D eigenvalue weighted by molar-refractivity contribution is -0.141. The lowest BCUT2D eigenvalue weighted by atomic mass is 9.71. The molecule has 156 valence electrons. The molecule has 1 aliphatic carbocycles.